The molecule has 0 bridgehead atoms. The summed E-state index contributed by atoms with van der Waals surface area (Å²) in [5.74, 6) is 6.05. The molecule has 0 saturated carbocycles. The number of benzene rings is 3. The highest BCUT2D eigenvalue weighted by atomic mass is 16.2. The van der Waals surface area contributed by atoms with Crippen LogP contribution in [0.5, 0.6) is 0 Å². The molecule has 2 heterocycles. The molecule has 1 atom stereocenters. The smallest absolute Gasteiger partial charge is 0.251 e. The van der Waals surface area contributed by atoms with E-state index in [9.17, 15) is 24.0 Å². The average molecular weight is 833 g/mol. The van der Waals surface area contributed by atoms with Gasteiger partial charge in [0.25, 0.3) is 5.91 Å². The second kappa shape index (κ2) is 21.8. The number of amides is 3. The van der Waals surface area contributed by atoms with Crippen LogP contribution >= 0.6 is 0 Å². The summed E-state index contributed by atoms with van der Waals surface area (Å²) in [4.78, 5) is 72.0. The number of likely N-dealkylation sites (N-methyl/N-ethyl adjacent to an activating group) is 2. The molecule has 1 unspecified atom stereocenters. The van der Waals surface area contributed by atoms with Crippen LogP contribution in [0.1, 0.15) is 62.5 Å². The van der Waals surface area contributed by atoms with Crippen LogP contribution in [-0.2, 0) is 30.5 Å². The topological polar surface area (TPSA) is 181 Å². The molecule has 62 heavy (non-hydrogen) atoms. The summed E-state index contributed by atoms with van der Waals surface area (Å²) < 4.78 is 2.21. The number of aldehydes is 2. The Morgan fingerprint density at radius 3 is 2.44 bits per heavy atom. The normalized spacial score (nSPS) is 12.7. The Labute approximate surface area is 361 Å². The molecule has 0 spiro atoms. The molecule has 1 aliphatic rings. The van der Waals surface area contributed by atoms with Crippen molar-refractivity contribution in [3.8, 4) is 34.2 Å². The summed E-state index contributed by atoms with van der Waals surface area (Å²) in [5, 5.41) is 9.44. The second-order valence-electron chi connectivity index (χ2n) is 14.9. The van der Waals surface area contributed by atoms with Crippen molar-refractivity contribution < 1.29 is 24.0 Å². The first kappa shape index (κ1) is 44.2. The molecule has 2 aromatic heterocycles. The third-order valence-electron chi connectivity index (χ3n) is 10.8. The predicted molar refractivity (Wildman–Crippen MR) is 241 cm³/mol. The third-order valence-corrected chi connectivity index (χ3v) is 10.8. The van der Waals surface area contributed by atoms with Gasteiger partial charge in [0.1, 0.15) is 30.1 Å². The average Bonchev–Trinajstić information content (AvgIpc) is 3.63. The Morgan fingerprint density at radius 2 is 1.71 bits per heavy atom. The van der Waals surface area contributed by atoms with Crippen molar-refractivity contribution in [2.24, 2.45) is 0 Å². The zero-order valence-corrected chi connectivity index (χ0v) is 35.2. The van der Waals surface area contributed by atoms with Gasteiger partial charge < -0.3 is 35.9 Å². The molecular weight excluding hydrogens is 781 g/mol. The number of hydrogen-bond donors (Lipinski definition) is 4. The van der Waals surface area contributed by atoms with E-state index in [0.29, 0.717) is 56.4 Å². The fraction of sp³-hybridized carbons (Fsp3) is 0.286. The quantitative estimate of drug-likeness (QED) is 0.0459. The number of nitrogen functional groups attached to an aromatic ring is 1. The largest absolute Gasteiger partial charge is 0.384 e. The molecule has 1 aliphatic carbocycles. The highest BCUT2D eigenvalue weighted by molar-refractivity contribution is 6.08. The molecule has 13 heteroatoms. The number of nitrogens with one attached hydrogen (secondary N) is 3. The van der Waals surface area contributed by atoms with Crippen LogP contribution in [0.25, 0.3) is 33.4 Å². The Morgan fingerprint density at radius 1 is 0.952 bits per heavy atom. The molecule has 0 saturated heterocycles. The van der Waals surface area contributed by atoms with E-state index in [1.807, 2.05) is 54.6 Å². The number of hydrogen-bond acceptors (Lipinski definition) is 9. The van der Waals surface area contributed by atoms with E-state index in [2.05, 4.69) is 73.7 Å². The lowest BCUT2D eigenvalue weighted by atomic mass is 9.93. The number of nitrogens with zero attached hydrogens (tertiary/aromatic N) is 4. The molecule has 5 N–H and O–H groups in total. The lowest BCUT2D eigenvalue weighted by Gasteiger charge is -2.29. The van der Waals surface area contributed by atoms with Crippen LogP contribution in [0.4, 0.5) is 5.82 Å². The zero-order valence-electron chi connectivity index (χ0n) is 35.2. The van der Waals surface area contributed by atoms with Gasteiger partial charge in [-0.1, -0.05) is 90.7 Å². The standard InChI is InChI=1S/C49H52N8O5/c1-51-48(61)41(25-15-29-58)56(2)49(62)38-23-14-24-40(39(38)32-59)52-28-26-42(60)53-27-12-4-3-7-16-34-17-13-18-35(30-34)31-57-45(37-21-10-6-11-22-37)43(36-19-8-5-9-20-36)44-46(50)54-33-55-47(44)57/h5-6,8-11,13,17-22,24,29-30,32-33,41,52H,3-4,12,14-15,23,25-28,31H2,1-2H3,(H,51,61)(H,53,60)(H2,50,54,55). The van der Waals surface area contributed by atoms with Gasteiger partial charge in [-0.2, -0.15) is 0 Å². The van der Waals surface area contributed by atoms with Crippen molar-refractivity contribution in [3.05, 3.63) is 125 Å². The van der Waals surface area contributed by atoms with E-state index in [1.54, 1.807) is 0 Å². The second-order valence-corrected chi connectivity index (χ2v) is 14.9. The molecule has 5 aromatic rings. The number of carbonyl (C=O) groups is 5. The van der Waals surface area contributed by atoms with Crippen molar-refractivity contribution >= 4 is 47.1 Å². The molecule has 13 nitrogen and oxygen atoms in total. The van der Waals surface area contributed by atoms with Crippen molar-refractivity contribution in [1.29, 1.82) is 0 Å². The third kappa shape index (κ3) is 10.7. The van der Waals surface area contributed by atoms with E-state index < -0.39 is 11.9 Å². The molecule has 6 rings (SSSR count). The maximum absolute atomic E-state index is 13.4. The fourth-order valence-corrected chi connectivity index (χ4v) is 7.73. The van der Waals surface area contributed by atoms with Gasteiger partial charge in [-0.15, -0.1) is 0 Å². The van der Waals surface area contributed by atoms with Gasteiger partial charge in [0.2, 0.25) is 11.8 Å². The summed E-state index contributed by atoms with van der Waals surface area (Å²) in [7, 11) is 2.96. The molecule has 3 aromatic carbocycles. The van der Waals surface area contributed by atoms with E-state index >= 15 is 0 Å². The zero-order chi connectivity index (χ0) is 43.8. The first-order valence-electron chi connectivity index (χ1n) is 20.9. The Bertz CT molecular complexity index is 2540. The number of nitrogens with two attached hydrogens (primary N) is 1. The van der Waals surface area contributed by atoms with E-state index in [1.165, 1.54) is 25.3 Å². The van der Waals surface area contributed by atoms with Gasteiger partial charge in [0.05, 0.1) is 11.1 Å². The minimum atomic E-state index is -0.849. The first-order valence-corrected chi connectivity index (χ1v) is 20.9. The predicted octanol–water partition coefficient (Wildman–Crippen LogP) is 5.74. The number of aromatic nitrogens is 3. The maximum atomic E-state index is 13.4. The Kier molecular flexibility index (Phi) is 15.5. The van der Waals surface area contributed by atoms with Crippen molar-refractivity contribution in [2.45, 2.75) is 64.0 Å². The van der Waals surface area contributed by atoms with E-state index in [-0.39, 0.29) is 48.8 Å². The van der Waals surface area contributed by atoms with Crippen LogP contribution in [0.15, 0.2) is 114 Å². The van der Waals surface area contributed by atoms with Crippen molar-refractivity contribution in [2.75, 3.05) is 32.9 Å². The van der Waals surface area contributed by atoms with Crippen LogP contribution in [0.2, 0.25) is 0 Å². The van der Waals surface area contributed by atoms with Gasteiger partial charge >= 0.3 is 0 Å². The van der Waals surface area contributed by atoms with Gasteiger partial charge in [-0.25, -0.2) is 9.97 Å². The number of allylic oxidation sites excluding steroid dienone is 2. The summed E-state index contributed by atoms with van der Waals surface area (Å²) in [5.41, 5.74) is 14.3. The molecule has 0 aliphatic heterocycles. The molecule has 0 radical (unpaired) electrons. The monoisotopic (exact) mass is 832 g/mol. The summed E-state index contributed by atoms with van der Waals surface area (Å²) >= 11 is 0. The Balaban J connectivity index is 1.00. The minimum absolute atomic E-state index is 0.115. The van der Waals surface area contributed by atoms with Gasteiger partial charge in [0, 0.05) is 81.0 Å². The van der Waals surface area contributed by atoms with Crippen LogP contribution < -0.4 is 21.7 Å². The van der Waals surface area contributed by atoms with Crippen LogP contribution in [0, 0.1) is 11.8 Å². The molecular formula is C49H52N8O5. The van der Waals surface area contributed by atoms with E-state index in [4.69, 9.17) is 10.7 Å². The van der Waals surface area contributed by atoms with Crippen LogP contribution in [-0.4, -0.2) is 83.0 Å². The first-order chi connectivity index (χ1) is 30.2. The molecule has 0 fully saturated rings. The molecule has 318 valence electrons. The SMILES string of the molecule is CNC(=O)C(CCC=O)N(C)C(=O)C1=C(C=O)C(NCCC(=O)NCCCCC#Cc2cccc(Cn3c(-c4ccccc4)c(-c4ccccc4)c4c(N)ncnc43)c2)=CCC1. The molecule has 3 amide bonds. The van der Waals surface area contributed by atoms with Gasteiger partial charge in [0.15, 0.2) is 6.29 Å². The van der Waals surface area contributed by atoms with Crippen molar-refractivity contribution in [1.82, 2.24) is 35.4 Å². The minimum Gasteiger partial charge on any atom is -0.384 e. The number of anilines is 1. The van der Waals surface area contributed by atoms with Gasteiger partial charge in [-0.05, 0) is 60.9 Å². The number of carbonyl (C=O) groups excluding carboxylic acids is 5. The van der Waals surface area contributed by atoms with Gasteiger partial charge in [-0.3, -0.25) is 19.2 Å². The maximum Gasteiger partial charge on any atom is 0.251 e. The van der Waals surface area contributed by atoms with E-state index in [0.717, 1.165) is 57.4 Å². The fourth-order valence-electron chi connectivity index (χ4n) is 7.73. The van der Waals surface area contributed by atoms with Crippen molar-refractivity contribution in [3.63, 3.8) is 0 Å². The highest BCUT2D eigenvalue weighted by Crippen LogP contribution is 2.42. The number of rotatable bonds is 19. The number of fused-ring (bicyclic) bond motifs is 1. The lowest BCUT2D eigenvalue weighted by Crippen LogP contribution is -2.47. The summed E-state index contributed by atoms with van der Waals surface area (Å²) in [6.07, 6.45) is 8.21. The highest BCUT2D eigenvalue weighted by Gasteiger charge is 2.31. The summed E-state index contributed by atoms with van der Waals surface area (Å²) in [6, 6.07) is 27.8. The number of unbranched alkanes of at least 4 members (excludes halogenated alkanes) is 2. The lowest BCUT2D eigenvalue weighted by molar-refractivity contribution is -0.136. The summed E-state index contributed by atoms with van der Waals surface area (Å²) in [6.45, 7) is 1.32. The Hall–Kier alpha value is -7.33. The van der Waals surface area contributed by atoms with Crippen LogP contribution in [0.3, 0.4) is 0 Å².